The van der Waals surface area contributed by atoms with E-state index in [-0.39, 0.29) is 11.9 Å². The van der Waals surface area contributed by atoms with Crippen molar-refractivity contribution in [2.75, 3.05) is 44.2 Å². The van der Waals surface area contributed by atoms with Crippen LogP contribution in [0.1, 0.15) is 32.1 Å². The van der Waals surface area contributed by atoms with Crippen LogP contribution in [0.25, 0.3) is 0 Å². The Balaban J connectivity index is 1.29. The minimum absolute atomic E-state index is 0.0799. The average molecular weight is 360 g/mol. The van der Waals surface area contributed by atoms with E-state index in [2.05, 4.69) is 25.5 Å². The van der Waals surface area contributed by atoms with E-state index >= 15 is 0 Å². The highest BCUT2D eigenvalue weighted by molar-refractivity contribution is 5.76. The smallest absolute Gasteiger partial charge is 0.317 e. The highest BCUT2D eigenvalue weighted by atomic mass is 16.2. The number of amides is 3. The maximum atomic E-state index is 12.2. The minimum atomic E-state index is -0.0799. The van der Waals surface area contributed by atoms with E-state index in [1.54, 1.807) is 23.4 Å². The first-order chi connectivity index (χ1) is 12.7. The van der Waals surface area contributed by atoms with Gasteiger partial charge in [0.25, 0.3) is 0 Å². The lowest BCUT2D eigenvalue weighted by atomic mass is 10.0. The second-order valence-electron chi connectivity index (χ2n) is 6.96. The van der Waals surface area contributed by atoms with Crippen LogP contribution in [0.5, 0.6) is 0 Å². The summed E-state index contributed by atoms with van der Waals surface area (Å²) in [6, 6.07) is 1.71. The molecule has 142 valence electrons. The lowest BCUT2D eigenvalue weighted by molar-refractivity contribution is -0.121. The largest absolute Gasteiger partial charge is 0.354 e. The van der Waals surface area contributed by atoms with Gasteiger partial charge in [0.15, 0.2) is 0 Å². The van der Waals surface area contributed by atoms with Gasteiger partial charge < -0.3 is 20.4 Å². The van der Waals surface area contributed by atoms with Gasteiger partial charge in [0, 0.05) is 58.1 Å². The summed E-state index contributed by atoms with van der Waals surface area (Å²) in [6.45, 7) is 3.65. The van der Waals surface area contributed by atoms with Crippen LogP contribution in [0.4, 0.5) is 10.7 Å². The summed E-state index contributed by atoms with van der Waals surface area (Å²) in [5.41, 5.74) is 0. The molecule has 1 aliphatic carbocycles. The number of hydrogen-bond acceptors (Lipinski definition) is 5. The van der Waals surface area contributed by atoms with Gasteiger partial charge in [0.05, 0.1) is 0 Å². The summed E-state index contributed by atoms with van der Waals surface area (Å²) in [7, 11) is 0. The highest BCUT2D eigenvalue weighted by Gasteiger charge is 2.22. The molecule has 8 nitrogen and oxygen atoms in total. The van der Waals surface area contributed by atoms with E-state index in [1.165, 1.54) is 25.7 Å². The van der Waals surface area contributed by atoms with Gasteiger partial charge in [0.2, 0.25) is 11.9 Å². The fourth-order valence-corrected chi connectivity index (χ4v) is 3.60. The third-order valence-corrected chi connectivity index (χ3v) is 5.07. The number of nitrogens with one attached hydrogen (secondary N) is 2. The minimum Gasteiger partial charge on any atom is -0.354 e. The molecule has 8 heteroatoms. The molecule has 26 heavy (non-hydrogen) atoms. The topological polar surface area (TPSA) is 90.5 Å². The Morgan fingerprint density at radius 3 is 2.35 bits per heavy atom. The SMILES string of the molecule is O=C(CC1CCCC1)NCCNC(=O)N1CCN(c2ncccn2)CC1. The monoisotopic (exact) mass is 360 g/mol. The molecule has 0 radical (unpaired) electrons. The Hall–Kier alpha value is -2.38. The standard InChI is InChI=1S/C18H28N6O2/c25-16(14-15-4-1-2-5-15)19-8-9-22-18(26)24-12-10-23(11-13-24)17-20-6-3-7-21-17/h3,6-7,15H,1-2,4-5,8-14H2,(H,19,25)(H,22,26). The predicted octanol–water partition coefficient (Wildman–Crippen LogP) is 1.00. The number of hydrogen-bond donors (Lipinski definition) is 2. The Kier molecular flexibility index (Phi) is 6.62. The van der Waals surface area contributed by atoms with Gasteiger partial charge in [-0.15, -0.1) is 0 Å². The van der Waals surface area contributed by atoms with Crippen molar-refractivity contribution < 1.29 is 9.59 Å². The van der Waals surface area contributed by atoms with Gasteiger partial charge in [-0.05, 0) is 24.8 Å². The zero-order valence-corrected chi connectivity index (χ0v) is 15.2. The van der Waals surface area contributed by atoms with Crippen LogP contribution in [0.2, 0.25) is 0 Å². The molecular formula is C18H28N6O2. The number of rotatable bonds is 6. The normalized spacial score (nSPS) is 18.0. The second kappa shape index (κ2) is 9.35. The molecule has 2 aliphatic rings. The lowest BCUT2D eigenvalue weighted by Crippen LogP contribution is -2.53. The van der Waals surface area contributed by atoms with Crippen molar-refractivity contribution >= 4 is 17.9 Å². The molecule has 0 spiro atoms. The summed E-state index contributed by atoms with van der Waals surface area (Å²) in [5.74, 6) is 1.36. The fraction of sp³-hybridized carbons (Fsp3) is 0.667. The number of piperazine rings is 1. The quantitative estimate of drug-likeness (QED) is 0.739. The fourth-order valence-electron chi connectivity index (χ4n) is 3.60. The Labute approximate surface area is 154 Å². The Morgan fingerprint density at radius 2 is 1.65 bits per heavy atom. The van der Waals surface area contributed by atoms with Gasteiger partial charge in [-0.2, -0.15) is 0 Å². The van der Waals surface area contributed by atoms with E-state index in [0.717, 1.165) is 13.1 Å². The molecule has 0 aromatic carbocycles. The first-order valence-corrected chi connectivity index (χ1v) is 9.54. The molecule has 2 heterocycles. The average Bonchev–Trinajstić information content (AvgIpc) is 3.19. The lowest BCUT2D eigenvalue weighted by Gasteiger charge is -2.34. The number of carbonyl (C=O) groups excluding carboxylic acids is 2. The molecular weight excluding hydrogens is 332 g/mol. The number of aromatic nitrogens is 2. The molecule has 3 amide bonds. The van der Waals surface area contributed by atoms with Crippen molar-refractivity contribution in [3.8, 4) is 0 Å². The van der Waals surface area contributed by atoms with Crippen LogP contribution in [-0.4, -0.2) is 66.1 Å². The van der Waals surface area contributed by atoms with Gasteiger partial charge in [-0.3, -0.25) is 4.79 Å². The molecule has 0 unspecified atom stereocenters. The number of nitrogens with zero attached hydrogens (tertiary/aromatic N) is 4. The summed E-state index contributed by atoms with van der Waals surface area (Å²) >= 11 is 0. The van der Waals surface area contributed by atoms with E-state index in [1.807, 2.05) is 0 Å². The van der Waals surface area contributed by atoms with Gasteiger partial charge in [-0.25, -0.2) is 14.8 Å². The molecule has 1 saturated heterocycles. The summed E-state index contributed by atoms with van der Waals surface area (Å²) in [5, 5.41) is 5.78. The first-order valence-electron chi connectivity index (χ1n) is 9.54. The van der Waals surface area contributed by atoms with Gasteiger partial charge in [0.1, 0.15) is 0 Å². The van der Waals surface area contributed by atoms with Gasteiger partial charge >= 0.3 is 6.03 Å². The molecule has 0 bridgehead atoms. The second-order valence-corrected chi connectivity index (χ2v) is 6.96. The van der Waals surface area contributed by atoms with Crippen LogP contribution in [0.3, 0.4) is 0 Å². The van der Waals surface area contributed by atoms with Crippen molar-refractivity contribution in [1.82, 2.24) is 25.5 Å². The van der Waals surface area contributed by atoms with E-state index in [0.29, 0.717) is 44.5 Å². The number of anilines is 1. The zero-order chi connectivity index (χ0) is 18.2. The van der Waals surface area contributed by atoms with Crippen LogP contribution in [0, 0.1) is 5.92 Å². The van der Waals surface area contributed by atoms with Crippen LogP contribution < -0.4 is 15.5 Å². The molecule has 1 saturated carbocycles. The predicted molar refractivity (Wildman–Crippen MR) is 98.8 cm³/mol. The highest BCUT2D eigenvalue weighted by Crippen LogP contribution is 2.27. The molecule has 0 atom stereocenters. The maximum Gasteiger partial charge on any atom is 0.317 e. The molecule has 1 aliphatic heterocycles. The first kappa shape index (κ1) is 18.4. The third kappa shape index (κ3) is 5.31. The number of urea groups is 1. The molecule has 3 rings (SSSR count). The van der Waals surface area contributed by atoms with Crippen LogP contribution in [-0.2, 0) is 4.79 Å². The Morgan fingerprint density at radius 1 is 1.00 bits per heavy atom. The van der Waals surface area contributed by atoms with Gasteiger partial charge in [-0.1, -0.05) is 12.8 Å². The van der Waals surface area contributed by atoms with E-state index < -0.39 is 0 Å². The third-order valence-electron chi connectivity index (χ3n) is 5.07. The van der Waals surface area contributed by atoms with Crippen molar-refractivity contribution in [1.29, 1.82) is 0 Å². The van der Waals surface area contributed by atoms with Crippen molar-refractivity contribution in [3.63, 3.8) is 0 Å². The maximum absolute atomic E-state index is 12.2. The van der Waals surface area contributed by atoms with E-state index in [4.69, 9.17) is 0 Å². The van der Waals surface area contributed by atoms with Crippen LogP contribution in [0.15, 0.2) is 18.5 Å². The van der Waals surface area contributed by atoms with Crippen molar-refractivity contribution in [3.05, 3.63) is 18.5 Å². The molecule has 1 aromatic rings. The Bertz CT molecular complexity index is 583. The number of carbonyl (C=O) groups is 2. The van der Waals surface area contributed by atoms with Crippen molar-refractivity contribution in [2.24, 2.45) is 5.92 Å². The zero-order valence-electron chi connectivity index (χ0n) is 15.2. The van der Waals surface area contributed by atoms with E-state index in [9.17, 15) is 9.59 Å². The van der Waals surface area contributed by atoms with Crippen LogP contribution >= 0.6 is 0 Å². The molecule has 1 aromatic heterocycles. The van der Waals surface area contributed by atoms with Crippen molar-refractivity contribution in [2.45, 2.75) is 32.1 Å². The molecule has 2 N–H and O–H groups in total. The summed E-state index contributed by atoms with van der Waals surface area (Å²) in [4.78, 5) is 36.4. The summed E-state index contributed by atoms with van der Waals surface area (Å²) in [6.07, 6.45) is 8.91. The summed E-state index contributed by atoms with van der Waals surface area (Å²) < 4.78 is 0. The molecule has 2 fully saturated rings.